The number of hydrogen-bond donors (Lipinski definition) is 0. The van der Waals surface area contributed by atoms with E-state index in [0.717, 1.165) is 28.7 Å². The van der Waals surface area contributed by atoms with E-state index in [1.54, 1.807) is 13.4 Å². The van der Waals surface area contributed by atoms with E-state index < -0.39 is 0 Å². The molecule has 3 heterocycles. The van der Waals surface area contributed by atoms with Gasteiger partial charge in [0.05, 0.1) is 19.9 Å². The maximum absolute atomic E-state index is 13.7. The summed E-state index contributed by atoms with van der Waals surface area (Å²) in [5, 5.41) is 0.893. The summed E-state index contributed by atoms with van der Waals surface area (Å²) in [6.07, 6.45) is 2.84. The first-order valence-electron chi connectivity index (χ1n) is 12.4. The zero-order valence-electron chi connectivity index (χ0n) is 20.7. The second-order valence-electron chi connectivity index (χ2n) is 9.32. The van der Waals surface area contributed by atoms with Crippen molar-refractivity contribution in [3.63, 3.8) is 0 Å². The molecule has 0 radical (unpaired) electrons. The zero-order chi connectivity index (χ0) is 25.1. The molecule has 186 valence electrons. The number of methoxy groups -OCH3 is 1. The van der Waals surface area contributed by atoms with Gasteiger partial charge in [-0.3, -0.25) is 9.59 Å². The Kier molecular flexibility index (Phi) is 6.80. The zero-order valence-corrected chi connectivity index (χ0v) is 20.7. The molecule has 7 heteroatoms. The molecule has 1 saturated heterocycles. The lowest BCUT2D eigenvalue weighted by molar-refractivity contribution is -0.135. The summed E-state index contributed by atoms with van der Waals surface area (Å²) in [7, 11) is 1.64. The largest absolute Gasteiger partial charge is 0.497 e. The van der Waals surface area contributed by atoms with Gasteiger partial charge in [-0.05, 0) is 48.7 Å². The van der Waals surface area contributed by atoms with Crippen molar-refractivity contribution in [2.24, 2.45) is 0 Å². The van der Waals surface area contributed by atoms with E-state index >= 15 is 0 Å². The van der Waals surface area contributed by atoms with E-state index in [2.05, 4.69) is 0 Å². The third-order valence-electron chi connectivity index (χ3n) is 6.90. The number of carbonyl (C=O) groups excluding carboxylic acids is 2. The summed E-state index contributed by atoms with van der Waals surface area (Å²) >= 11 is 0. The van der Waals surface area contributed by atoms with E-state index in [1.807, 2.05) is 88.0 Å². The predicted molar refractivity (Wildman–Crippen MR) is 138 cm³/mol. The third kappa shape index (κ3) is 4.87. The highest BCUT2D eigenvalue weighted by Crippen LogP contribution is 2.25. The van der Waals surface area contributed by atoms with Crippen LogP contribution in [-0.4, -0.2) is 59.0 Å². The number of furan rings is 1. The summed E-state index contributed by atoms with van der Waals surface area (Å²) in [6.45, 7) is 4.05. The lowest BCUT2D eigenvalue weighted by atomic mass is 10.1. The summed E-state index contributed by atoms with van der Waals surface area (Å²) in [5.74, 6) is 0.856. The summed E-state index contributed by atoms with van der Waals surface area (Å²) in [4.78, 5) is 30.3. The number of ether oxygens (including phenoxy) is 1. The Labute approximate surface area is 210 Å². The van der Waals surface area contributed by atoms with Crippen molar-refractivity contribution in [2.75, 3.05) is 26.7 Å². The van der Waals surface area contributed by atoms with Crippen LogP contribution in [0.15, 0.2) is 77.4 Å². The molecule has 0 saturated carbocycles. The van der Waals surface area contributed by atoms with Gasteiger partial charge in [0.2, 0.25) is 11.6 Å². The van der Waals surface area contributed by atoms with Crippen molar-refractivity contribution < 1.29 is 18.7 Å². The van der Waals surface area contributed by atoms with Crippen LogP contribution in [0.4, 0.5) is 0 Å². The van der Waals surface area contributed by atoms with E-state index in [1.165, 1.54) is 0 Å². The lowest BCUT2D eigenvalue weighted by Crippen LogP contribution is -2.55. The number of amides is 2. The number of fused-ring (bicyclic) bond motifs is 1. The maximum Gasteiger partial charge on any atom is 0.270 e. The lowest BCUT2D eigenvalue weighted by Gasteiger charge is -2.40. The minimum absolute atomic E-state index is 0.0456. The fourth-order valence-electron chi connectivity index (χ4n) is 4.98. The Morgan fingerprint density at radius 1 is 1.00 bits per heavy atom. The van der Waals surface area contributed by atoms with Crippen LogP contribution in [0.3, 0.4) is 0 Å². The number of benzene rings is 2. The van der Waals surface area contributed by atoms with E-state index in [9.17, 15) is 9.59 Å². The van der Waals surface area contributed by atoms with Crippen LogP contribution in [0.25, 0.3) is 11.1 Å². The Morgan fingerprint density at radius 2 is 1.81 bits per heavy atom. The van der Waals surface area contributed by atoms with Crippen LogP contribution in [0.2, 0.25) is 0 Å². The highest BCUT2D eigenvalue weighted by atomic mass is 16.5. The van der Waals surface area contributed by atoms with Gasteiger partial charge < -0.3 is 23.5 Å². The van der Waals surface area contributed by atoms with Crippen LogP contribution in [-0.2, 0) is 17.8 Å². The molecule has 0 spiro atoms. The van der Waals surface area contributed by atoms with Gasteiger partial charge >= 0.3 is 0 Å². The fourth-order valence-corrected chi connectivity index (χ4v) is 4.98. The minimum atomic E-state index is -0.0486. The van der Waals surface area contributed by atoms with Gasteiger partial charge in [0.15, 0.2) is 0 Å². The molecule has 7 nitrogen and oxygen atoms in total. The molecule has 2 aromatic carbocycles. The average Bonchev–Trinajstić information content (AvgIpc) is 3.50. The number of hydrogen-bond acceptors (Lipinski definition) is 4. The summed E-state index contributed by atoms with van der Waals surface area (Å²) in [5.41, 5.74) is 3.43. The molecule has 1 atom stereocenters. The van der Waals surface area contributed by atoms with Gasteiger partial charge in [-0.1, -0.05) is 42.5 Å². The second kappa shape index (κ2) is 10.3. The highest BCUT2D eigenvalue weighted by molar-refractivity contribution is 5.98. The van der Waals surface area contributed by atoms with Gasteiger partial charge in [-0.25, -0.2) is 0 Å². The van der Waals surface area contributed by atoms with E-state index in [-0.39, 0.29) is 17.9 Å². The summed E-state index contributed by atoms with van der Waals surface area (Å²) in [6, 6.07) is 21.6. The number of rotatable bonds is 7. The maximum atomic E-state index is 13.7. The van der Waals surface area contributed by atoms with Gasteiger partial charge in [0.1, 0.15) is 11.4 Å². The first kappa shape index (κ1) is 23.7. The van der Waals surface area contributed by atoms with Crippen LogP contribution >= 0.6 is 0 Å². The van der Waals surface area contributed by atoms with Crippen molar-refractivity contribution in [3.05, 3.63) is 89.8 Å². The Balaban J connectivity index is 1.29. The molecular formula is C29H31N3O4. The molecule has 0 unspecified atom stereocenters. The minimum Gasteiger partial charge on any atom is -0.497 e. The van der Waals surface area contributed by atoms with Crippen LogP contribution in [0, 0.1) is 0 Å². The Morgan fingerprint density at radius 3 is 2.58 bits per heavy atom. The molecule has 2 amide bonds. The number of aryl methyl sites for hydroxylation is 1. The quantitative estimate of drug-likeness (QED) is 0.384. The standard InChI is InChI=1S/C29H31N3O4/c1-21-19-30(14-15-31(21)27(33)12-11-22-7-4-3-5-8-22)28(34)26-18-24-13-16-36-29(24)32(26)20-23-9-6-10-25(17-23)35-2/h3-10,13,16-18,21H,11-12,14-15,19-20H2,1-2H3/t21-/m0/s1. The number of carbonyl (C=O) groups is 2. The normalized spacial score (nSPS) is 15.9. The molecule has 1 aliphatic rings. The van der Waals surface area contributed by atoms with Crippen LogP contribution in [0.1, 0.15) is 35.0 Å². The molecule has 5 rings (SSSR count). The topological polar surface area (TPSA) is 67.9 Å². The van der Waals surface area contributed by atoms with E-state index in [0.29, 0.717) is 44.0 Å². The molecule has 1 fully saturated rings. The highest BCUT2D eigenvalue weighted by Gasteiger charge is 2.31. The number of aromatic nitrogens is 1. The molecule has 0 aliphatic carbocycles. The third-order valence-corrected chi connectivity index (χ3v) is 6.90. The Bertz CT molecular complexity index is 1360. The average molecular weight is 486 g/mol. The number of nitrogens with zero attached hydrogens (tertiary/aromatic N) is 3. The SMILES string of the molecule is COc1cccc(Cn2c(C(=O)N3CCN(C(=O)CCc4ccccc4)[C@@H](C)C3)cc3ccoc32)c1. The Hall–Kier alpha value is -4.00. The second-order valence-corrected chi connectivity index (χ2v) is 9.32. The van der Waals surface area contributed by atoms with Crippen molar-refractivity contribution in [2.45, 2.75) is 32.4 Å². The molecule has 36 heavy (non-hydrogen) atoms. The molecule has 4 aromatic rings. The van der Waals surface area contributed by atoms with E-state index in [4.69, 9.17) is 9.15 Å². The smallest absolute Gasteiger partial charge is 0.270 e. The monoisotopic (exact) mass is 485 g/mol. The van der Waals surface area contributed by atoms with Crippen molar-refractivity contribution in [1.82, 2.24) is 14.4 Å². The van der Waals surface area contributed by atoms with Crippen LogP contribution < -0.4 is 4.74 Å². The van der Waals surface area contributed by atoms with Crippen molar-refractivity contribution in [3.8, 4) is 5.75 Å². The van der Waals surface area contributed by atoms with Gasteiger partial charge in [0, 0.05) is 37.5 Å². The predicted octanol–water partition coefficient (Wildman–Crippen LogP) is 4.60. The molecule has 0 bridgehead atoms. The molecule has 2 aromatic heterocycles. The first-order chi connectivity index (χ1) is 17.5. The molecule has 0 N–H and O–H groups in total. The van der Waals surface area contributed by atoms with Gasteiger partial charge in [0.25, 0.3) is 5.91 Å². The number of piperazine rings is 1. The summed E-state index contributed by atoms with van der Waals surface area (Å²) < 4.78 is 13.0. The van der Waals surface area contributed by atoms with Gasteiger partial charge in [-0.2, -0.15) is 0 Å². The van der Waals surface area contributed by atoms with Gasteiger partial charge in [-0.15, -0.1) is 0 Å². The first-order valence-corrected chi connectivity index (χ1v) is 12.4. The van der Waals surface area contributed by atoms with Crippen LogP contribution in [0.5, 0.6) is 5.75 Å². The van der Waals surface area contributed by atoms with Crippen molar-refractivity contribution in [1.29, 1.82) is 0 Å². The van der Waals surface area contributed by atoms with Crippen molar-refractivity contribution >= 4 is 22.9 Å². The molecule has 1 aliphatic heterocycles. The molecular weight excluding hydrogens is 454 g/mol. The fraction of sp³-hybridized carbons (Fsp3) is 0.310.